The molecule has 3 N–H and O–H groups in total. The fourth-order valence-corrected chi connectivity index (χ4v) is 1.49. The van der Waals surface area contributed by atoms with Gasteiger partial charge in [0.2, 0.25) is 5.95 Å². The maximum absolute atomic E-state index is 12.9. The Morgan fingerprint density at radius 2 is 2.05 bits per heavy atom. The quantitative estimate of drug-likeness (QED) is 0.711. The van der Waals surface area contributed by atoms with Crippen molar-refractivity contribution in [3.05, 3.63) is 6.20 Å². The number of aromatic nitrogens is 4. The van der Waals surface area contributed by atoms with Crippen LogP contribution in [0.1, 0.15) is 6.92 Å². The number of hydrogen-bond acceptors (Lipinski definition) is 5. The van der Waals surface area contributed by atoms with Gasteiger partial charge in [0.1, 0.15) is 5.82 Å². The van der Waals surface area contributed by atoms with E-state index in [0.29, 0.717) is 17.6 Å². The molecule has 2 heterocycles. The fourth-order valence-electron chi connectivity index (χ4n) is 1.49. The monoisotopic (exact) mass is 292 g/mol. The molecule has 0 saturated heterocycles. The molecule has 0 bridgehead atoms. The molecule has 0 spiro atoms. The number of nitrogens with one attached hydrogen (secondary N) is 3. The molecule has 0 amide bonds. The predicted molar refractivity (Wildman–Crippen MR) is 65.3 cm³/mol. The second-order valence-corrected chi connectivity index (χ2v) is 3.97. The smallest absolute Gasteiger partial charge is 0.324 e. The van der Waals surface area contributed by atoms with Crippen molar-refractivity contribution in [3.8, 4) is 0 Å². The van der Waals surface area contributed by atoms with E-state index in [0.717, 1.165) is 0 Å². The van der Waals surface area contributed by atoms with Crippen molar-refractivity contribution in [3.63, 3.8) is 0 Å². The lowest BCUT2D eigenvalue weighted by Crippen LogP contribution is -2.35. The van der Waals surface area contributed by atoms with Crippen molar-refractivity contribution in [2.24, 2.45) is 0 Å². The summed E-state index contributed by atoms with van der Waals surface area (Å²) in [5, 5.41) is 11.6. The topological polar surface area (TPSA) is 78.5 Å². The molecule has 0 atom stereocenters. The number of halogens is 4. The summed E-state index contributed by atoms with van der Waals surface area (Å²) >= 11 is 0. The van der Waals surface area contributed by atoms with Crippen LogP contribution in [0.5, 0.6) is 0 Å². The van der Waals surface area contributed by atoms with E-state index in [2.05, 4.69) is 30.8 Å². The first-order valence-electron chi connectivity index (χ1n) is 5.79. The normalized spacial score (nSPS) is 12.1. The van der Waals surface area contributed by atoms with Gasteiger partial charge in [-0.3, -0.25) is 5.10 Å². The van der Waals surface area contributed by atoms with Gasteiger partial charge >= 0.3 is 12.3 Å². The maximum Gasteiger partial charge on any atom is 0.324 e. The standard InChI is InChI=1S/C10H12F4N6/c1-2-15-9-18-6(5-3-17-20-7(5)19-9)16-4-10(13,14)8(11)12/h3,8H,2,4H2,1H3,(H3,15,16,17,18,19,20). The van der Waals surface area contributed by atoms with Gasteiger partial charge in [0, 0.05) is 6.54 Å². The van der Waals surface area contributed by atoms with Gasteiger partial charge in [-0.2, -0.15) is 23.8 Å². The van der Waals surface area contributed by atoms with Crippen LogP contribution in [0.3, 0.4) is 0 Å². The van der Waals surface area contributed by atoms with Crippen LogP contribution in [0.15, 0.2) is 6.20 Å². The first-order valence-corrected chi connectivity index (χ1v) is 5.79. The number of anilines is 2. The molecule has 0 radical (unpaired) electrons. The van der Waals surface area contributed by atoms with Gasteiger partial charge < -0.3 is 10.6 Å². The molecule has 2 aromatic heterocycles. The van der Waals surface area contributed by atoms with Crippen LogP contribution in [-0.2, 0) is 0 Å². The minimum absolute atomic E-state index is 0.0139. The highest BCUT2D eigenvalue weighted by Gasteiger charge is 2.40. The Hall–Kier alpha value is -2.13. The van der Waals surface area contributed by atoms with Gasteiger partial charge in [0.15, 0.2) is 5.65 Å². The van der Waals surface area contributed by atoms with Gasteiger partial charge in [-0.25, -0.2) is 8.78 Å². The highest BCUT2D eigenvalue weighted by Crippen LogP contribution is 2.25. The van der Waals surface area contributed by atoms with E-state index in [1.54, 1.807) is 6.92 Å². The van der Waals surface area contributed by atoms with Crippen molar-refractivity contribution in [2.75, 3.05) is 23.7 Å². The van der Waals surface area contributed by atoms with E-state index in [1.165, 1.54) is 6.20 Å². The number of alkyl halides is 4. The predicted octanol–water partition coefficient (Wildman–Crippen LogP) is 2.10. The highest BCUT2D eigenvalue weighted by molar-refractivity contribution is 5.86. The summed E-state index contributed by atoms with van der Waals surface area (Å²) in [5.74, 6) is -3.94. The van der Waals surface area contributed by atoms with Crippen LogP contribution in [-0.4, -0.2) is 45.6 Å². The Kier molecular flexibility index (Phi) is 3.91. The number of aromatic amines is 1. The summed E-state index contributed by atoms with van der Waals surface area (Å²) in [6, 6.07) is 0. The SMILES string of the molecule is CCNc1nc(NCC(F)(F)C(F)F)c2cn[nH]c2n1. The maximum atomic E-state index is 12.9. The zero-order valence-corrected chi connectivity index (χ0v) is 10.4. The van der Waals surface area contributed by atoms with Crippen molar-refractivity contribution in [2.45, 2.75) is 19.3 Å². The first-order chi connectivity index (χ1) is 9.44. The Bertz CT molecular complexity index is 584. The molecule has 0 aliphatic carbocycles. The van der Waals surface area contributed by atoms with Crippen molar-refractivity contribution in [1.82, 2.24) is 20.2 Å². The number of nitrogens with zero attached hydrogens (tertiary/aromatic N) is 3. The zero-order valence-electron chi connectivity index (χ0n) is 10.4. The van der Waals surface area contributed by atoms with Gasteiger partial charge in [-0.15, -0.1) is 0 Å². The molecule has 2 aromatic rings. The largest absolute Gasteiger partial charge is 0.363 e. The Morgan fingerprint density at radius 3 is 2.70 bits per heavy atom. The molecule has 0 aliphatic heterocycles. The van der Waals surface area contributed by atoms with E-state index in [9.17, 15) is 17.6 Å². The zero-order chi connectivity index (χ0) is 14.8. The molecule has 10 heteroatoms. The minimum Gasteiger partial charge on any atom is -0.363 e. The minimum atomic E-state index is -4.14. The average molecular weight is 292 g/mol. The van der Waals surface area contributed by atoms with E-state index >= 15 is 0 Å². The summed E-state index contributed by atoms with van der Waals surface area (Å²) in [7, 11) is 0. The molecule has 110 valence electrons. The van der Waals surface area contributed by atoms with Crippen LogP contribution < -0.4 is 10.6 Å². The van der Waals surface area contributed by atoms with E-state index in [4.69, 9.17) is 0 Å². The van der Waals surface area contributed by atoms with Gasteiger partial charge in [-0.1, -0.05) is 0 Å². The number of hydrogen-bond donors (Lipinski definition) is 3. The third kappa shape index (κ3) is 2.89. The molecule has 0 saturated carbocycles. The van der Waals surface area contributed by atoms with Crippen LogP contribution >= 0.6 is 0 Å². The molecule has 20 heavy (non-hydrogen) atoms. The summed E-state index contributed by atoms with van der Waals surface area (Å²) in [6.07, 6.45) is -2.42. The number of rotatable bonds is 6. The molecule has 2 rings (SSSR count). The molecular formula is C10H12F4N6. The summed E-state index contributed by atoms with van der Waals surface area (Å²) in [5.41, 5.74) is 0.318. The van der Waals surface area contributed by atoms with E-state index in [1.807, 2.05) is 0 Å². The Labute approximate surface area is 111 Å². The van der Waals surface area contributed by atoms with Gasteiger partial charge in [0.25, 0.3) is 0 Å². The van der Waals surface area contributed by atoms with Gasteiger partial charge in [-0.05, 0) is 6.92 Å². The first kappa shape index (κ1) is 14.3. The number of fused-ring (bicyclic) bond motifs is 1. The second kappa shape index (κ2) is 5.47. The van der Waals surface area contributed by atoms with Crippen molar-refractivity contribution < 1.29 is 17.6 Å². The Morgan fingerprint density at radius 1 is 1.30 bits per heavy atom. The molecular weight excluding hydrogens is 280 g/mol. The Balaban J connectivity index is 2.26. The van der Waals surface area contributed by atoms with Crippen molar-refractivity contribution >= 4 is 22.8 Å². The van der Waals surface area contributed by atoms with Gasteiger partial charge in [0.05, 0.1) is 18.1 Å². The fraction of sp³-hybridized carbons (Fsp3) is 0.500. The van der Waals surface area contributed by atoms with E-state index < -0.39 is 18.9 Å². The summed E-state index contributed by atoms with van der Waals surface area (Å²) in [4.78, 5) is 8.00. The molecule has 6 nitrogen and oxygen atoms in total. The summed E-state index contributed by atoms with van der Waals surface area (Å²) in [6.45, 7) is 1.10. The second-order valence-electron chi connectivity index (χ2n) is 3.97. The summed E-state index contributed by atoms with van der Waals surface area (Å²) < 4.78 is 50.1. The van der Waals surface area contributed by atoms with Crippen LogP contribution in [0, 0.1) is 0 Å². The lowest BCUT2D eigenvalue weighted by molar-refractivity contribution is -0.117. The molecule has 0 fully saturated rings. The van der Waals surface area contributed by atoms with Crippen LogP contribution in [0.4, 0.5) is 29.3 Å². The lowest BCUT2D eigenvalue weighted by Gasteiger charge is -2.16. The lowest BCUT2D eigenvalue weighted by atomic mass is 10.3. The molecule has 0 aliphatic rings. The van der Waals surface area contributed by atoms with Crippen molar-refractivity contribution in [1.29, 1.82) is 0 Å². The number of H-pyrrole nitrogens is 1. The average Bonchev–Trinajstić information content (AvgIpc) is 2.84. The molecule has 0 unspecified atom stereocenters. The molecule has 0 aromatic carbocycles. The van der Waals surface area contributed by atoms with Crippen LogP contribution in [0.25, 0.3) is 11.0 Å². The highest BCUT2D eigenvalue weighted by atomic mass is 19.3. The third-order valence-corrected chi connectivity index (χ3v) is 2.46. The third-order valence-electron chi connectivity index (χ3n) is 2.46. The van der Waals surface area contributed by atoms with Crippen LogP contribution in [0.2, 0.25) is 0 Å². The van der Waals surface area contributed by atoms with E-state index in [-0.39, 0.29) is 11.8 Å².